The quantitative estimate of drug-likeness (QED) is 0.421. The first-order chi connectivity index (χ1) is 14.1. The van der Waals surface area contributed by atoms with Crippen molar-refractivity contribution < 1.29 is 23.8 Å². The van der Waals surface area contributed by atoms with Crippen LogP contribution in [0.4, 0.5) is 0 Å². The summed E-state index contributed by atoms with van der Waals surface area (Å²) in [5.41, 5.74) is 4.03. The van der Waals surface area contributed by atoms with Gasteiger partial charge in [0.05, 0.1) is 27.5 Å². The van der Waals surface area contributed by atoms with Crippen molar-refractivity contribution in [2.75, 3.05) is 27.9 Å². The molecule has 0 bridgehead atoms. The highest BCUT2D eigenvalue weighted by molar-refractivity contribution is 6.03. The fraction of sp³-hybridized carbons (Fsp3) is 0.286. The number of benzene rings is 2. The Bertz CT molecular complexity index is 889. The van der Waals surface area contributed by atoms with Gasteiger partial charge in [-0.3, -0.25) is 9.59 Å². The molecule has 0 unspecified atom stereocenters. The van der Waals surface area contributed by atoms with Crippen LogP contribution in [-0.4, -0.2) is 45.9 Å². The van der Waals surface area contributed by atoms with Crippen LogP contribution < -0.4 is 25.0 Å². The van der Waals surface area contributed by atoms with Crippen molar-refractivity contribution in [2.45, 2.75) is 5.92 Å². The smallest absolute Gasteiger partial charge is 0.253 e. The second kappa shape index (κ2) is 9.09. The van der Waals surface area contributed by atoms with Gasteiger partial charge in [0, 0.05) is 18.0 Å². The average molecular weight is 397 g/mol. The predicted molar refractivity (Wildman–Crippen MR) is 108 cm³/mol. The normalized spacial score (nSPS) is 18.4. The summed E-state index contributed by atoms with van der Waals surface area (Å²) in [4.78, 5) is 24.8. The molecular weight excluding hydrogens is 374 g/mol. The molecule has 1 aliphatic heterocycles. The molecule has 2 aromatic rings. The molecule has 8 nitrogen and oxygen atoms in total. The van der Waals surface area contributed by atoms with Crippen LogP contribution >= 0.6 is 0 Å². The van der Waals surface area contributed by atoms with Crippen LogP contribution in [0.1, 0.15) is 17.0 Å². The number of hydrogen-bond acceptors (Lipinski definition) is 6. The number of ether oxygens (including phenoxy) is 3. The van der Waals surface area contributed by atoms with Gasteiger partial charge in [0.2, 0.25) is 11.7 Å². The van der Waals surface area contributed by atoms with E-state index in [0.717, 1.165) is 5.56 Å². The van der Waals surface area contributed by atoms with Gasteiger partial charge in [0.1, 0.15) is 5.92 Å². The number of methoxy groups -OCH3 is 3. The maximum absolute atomic E-state index is 12.6. The Hall–Kier alpha value is -3.55. The molecule has 0 saturated carbocycles. The summed E-state index contributed by atoms with van der Waals surface area (Å²) in [6, 6.07) is 12.9. The first-order valence-corrected chi connectivity index (χ1v) is 9.04. The minimum atomic E-state index is -0.838. The lowest BCUT2D eigenvalue weighted by Gasteiger charge is -2.15. The molecule has 152 valence electrons. The molecular formula is C21H23N3O5. The van der Waals surface area contributed by atoms with Gasteiger partial charge in [-0.15, -0.1) is 0 Å². The van der Waals surface area contributed by atoms with Gasteiger partial charge < -0.3 is 19.5 Å². The lowest BCUT2D eigenvalue weighted by molar-refractivity contribution is -0.133. The molecule has 29 heavy (non-hydrogen) atoms. The lowest BCUT2D eigenvalue weighted by Crippen LogP contribution is -2.34. The van der Waals surface area contributed by atoms with Crippen molar-refractivity contribution in [1.82, 2.24) is 10.7 Å². The summed E-state index contributed by atoms with van der Waals surface area (Å²) >= 11 is 0. The van der Waals surface area contributed by atoms with Crippen molar-refractivity contribution in [3.05, 3.63) is 53.6 Å². The van der Waals surface area contributed by atoms with E-state index in [9.17, 15) is 9.59 Å². The van der Waals surface area contributed by atoms with Gasteiger partial charge in [-0.1, -0.05) is 30.3 Å². The molecule has 1 heterocycles. The largest absolute Gasteiger partial charge is 0.493 e. The topological polar surface area (TPSA) is 98.2 Å². The van der Waals surface area contributed by atoms with E-state index in [2.05, 4.69) is 15.8 Å². The van der Waals surface area contributed by atoms with Gasteiger partial charge in [-0.05, 0) is 17.7 Å². The minimum absolute atomic E-state index is 0.236. The summed E-state index contributed by atoms with van der Waals surface area (Å²) in [5, 5.41) is 6.75. The molecule has 0 radical (unpaired) electrons. The highest BCUT2D eigenvalue weighted by atomic mass is 16.5. The van der Waals surface area contributed by atoms with Crippen molar-refractivity contribution in [3.63, 3.8) is 0 Å². The Morgan fingerprint density at radius 1 is 1.10 bits per heavy atom. The molecule has 2 amide bonds. The summed E-state index contributed by atoms with van der Waals surface area (Å²) in [5.74, 6) is -0.436. The zero-order chi connectivity index (χ0) is 20.8. The van der Waals surface area contributed by atoms with Crippen LogP contribution in [0.15, 0.2) is 47.6 Å². The first kappa shape index (κ1) is 20.2. The van der Waals surface area contributed by atoms with Gasteiger partial charge in [0.25, 0.3) is 5.91 Å². The standard InChI is InChI=1S/C21H23N3O5/c1-27-16-9-13(10-17(28-2)19(16)29-3)11-23-24-21(26)18-15(12-22-20(18)25)14-7-5-4-6-8-14/h4-11,15,18H,12H2,1-3H3,(H,22,25)(H,24,26)/b23-11+/t15-,18+/m0/s1. The number of carbonyl (C=O) groups excluding carboxylic acids is 2. The molecule has 1 fully saturated rings. The molecule has 0 aliphatic carbocycles. The van der Waals surface area contributed by atoms with E-state index in [-0.39, 0.29) is 11.8 Å². The molecule has 2 atom stereocenters. The van der Waals surface area contributed by atoms with Gasteiger partial charge in [0.15, 0.2) is 11.5 Å². The van der Waals surface area contributed by atoms with Gasteiger partial charge in [-0.25, -0.2) is 5.43 Å². The second-order valence-electron chi connectivity index (χ2n) is 6.43. The highest BCUT2D eigenvalue weighted by Gasteiger charge is 2.40. The number of rotatable bonds is 7. The van der Waals surface area contributed by atoms with E-state index in [1.54, 1.807) is 12.1 Å². The summed E-state index contributed by atoms with van der Waals surface area (Å²) in [7, 11) is 4.55. The first-order valence-electron chi connectivity index (χ1n) is 9.04. The van der Waals surface area contributed by atoms with Crippen LogP contribution in [0, 0.1) is 5.92 Å². The third kappa shape index (κ3) is 4.31. The van der Waals surface area contributed by atoms with E-state index in [1.165, 1.54) is 27.5 Å². The molecule has 1 saturated heterocycles. The van der Waals surface area contributed by atoms with Crippen molar-refractivity contribution in [3.8, 4) is 17.2 Å². The van der Waals surface area contributed by atoms with Crippen molar-refractivity contribution >= 4 is 18.0 Å². The lowest BCUT2D eigenvalue weighted by atomic mass is 9.88. The zero-order valence-electron chi connectivity index (χ0n) is 16.5. The van der Waals surface area contributed by atoms with E-state index in [4.69, 9.17) is 14.2 Å². The molecule has 0 aromatic heterocycles. The molecule has 1 aliphatic rings. The third-order valence-corrected chi connectivity index (χ3v) is 4.77. The number of hydrazone groups is 1. The fourth-order valence-corrected chi connectivity index (χ4v) is 3.35. The number of amides is 2. The Kier molecular flexibility index (Phi) is 6.33. The third-order valence-electron chi connectivity index (χ3n) is 4.77. The SMILES string of the molecule is COc1cc(/C=N/NC(=O)[C@H]2C(=O)NC[C@H]2c2ccccc2)cc(OC)c1OC. The van der Waals surface area contributed by atoms with Gasteiger partial charge in [-0.2, -0.15) is 5.10 Å². The maximum atomic E-state index is 12.6. The molecule has 2 aromatic carbocycles. The molecule has 3 rings (SSSR count). The van der Waals surface area contributed by atoms with Crippen LogP contribution in [0.2, 0.25) is 0 Å². The molecule has 0 spiro atoms. The number of hydrogen-bond donors (Lipinski definition) is 2. The monoisotopic (exact) mass is 397 g/mol. The van der Waals surface area contributed by atoms with Crippen LogP contribution in [0.5, 0.6) is 17.2 Å². The summed E-state index contributed by atoms with van der Waals surface area (Å²) in [6.45, 7) is 0.414. The summed E-state index contributed by atoms with van der Waals surface area (Å²) in [6.07, 6.45) is 1.45. The van der Waals surface area contributed by atoms with E-state index < -0.39 is 11.8 Å². The van der Waals surface area contributed by atoms with E-state index in [0.29, 0.717) is 29.4 Å². The fourth-order valence-electron chi connectivity index (χ4n) is 3.35. The Balaban J connectivity index is 1.74. The van der Waals surface area contributed by atoms with Crippen molar-refractivity contribution in [2.24, 2.45) is 11.0 Å². The maximum Gasteiger partial charge on any atom is 0.253 e. The number of carbonyl (C=O) groups is 2. The van der Waals surface area contributed by atoms with Crippen LogP contribution in [0.25, 0.3) is 0 Å². The van der Waals surface area contributed by atoms with Crippen LogP contribution in [-0.2, 0) is 9.59 Å². The number of nitrogens with zero attached hydrogens (tertiary/aromatic N) is 1. The Labute approximate surface area is 168 Å². The predicted octanol–water partition coefficient (Wildman–Crippen LogP) is 1.69. The Morgan fingerprint density at radius 2 is 1.76 bits per heavy atom. The van der Waals surface area contributed by atoms with Crippen LogP contribution in [0.3, 0.4) is 0 Å². The minimum Gasteiger partial charge on any atom is -0.493 e. The average Bonchev–Trinajstić information content (AvgIpc) is 3.14. The van der Waals surface area contributed by atoms with E-state index in [1.807, 2.05) is 30.3 Å². The molecule has 2 N–H and O–H groups in total. The highest BCUT2D eigenvalue weighted by Crippen LogP contribution is 2.37. The van der Waals surface area contributed by atoms with Gasteiger partial charge >= 0.3 is 0 Å². The Morgan fingerprint density at radius 3 is 2.34 bits per heavy atom. The summed E-state index contributed by atoms with van der Waals surface area (Å²) < 4.78 is 15.9. The number of nitrogens with one attached hydrogen (secondary N) is 2. The van der Waals surface area contributed by atoms with E-state index >= 15 is 0 Å². The van der Waals surface area contributed by atoms with Crippen molar-refractivity contribution in [1.29, 1.82) is 0 Å². The molecule has 8 heteroatoms. The second-order valence-corrected chi connectivity index (χ2v) is 6.43. The zero-order valence-corrected chi connectivity index (χ0v) is 16.5.